The number of amides is 1. The normalized spacial score (nSPS) is 10.6. The predicted octanol–water partition coefficient (Wildman–Crippen LogP) is 5.65. The fraction of sp³-hybridized carbons (Fsp3) is 0.238. The van der Waals surface area contributed by atoms with Crippen molar-refractivity contribution in [3.05, 3.63) is 57.9 Å². The molecule has 0 saturated carbocycles. The molecule has 7 heteroatoms. The first-order valence-electron chi connectivity index (χ1n) is 8.82. The molecule has 2 aromatic carbocycles. The molecule has 3 rings (SSSR count). The molecule has 0 aliphatic rings. The summed E-state index contributed by atoms with van der Waals surface area (Å²) in [6.07, 6.45) is 0.826. The molecular weight excluding hydrogens is 440 g/mol. The number of methoxy groups -OCH3 is 2. The molecule has 1 aromatic heterocycles. The summed E-state index contributed by atoms with van der Waals surface area (Å²) in [5, 5.41) is 2.66. The third-order valence-corrected chi connectivity index (χ3v) is 5.58. The highest BCUT2D eigenvalue weighted by molar-refractivity contribution is 9.10. The Morgan fingerprint density at radius 2 is 1.82 bits per heavy atom. The Kier molecular flexibility index (Phi) is 6.70. The SMILES string of the molecule is CCCN(C(=O)c1ccc(OC)c(OC)c1)c1nc(-c2ccc(Br)cc2)cs1. The van der Waals surface area contributed by atoms with E-state index in [1.807, 2.05) is 36.6 Å². The quantitative estimate of drug-likeness (QED) is 0.457. The fourth-order valence-electron chi connectivity index (χ4n) is 2.77. The third-order valence-electron chi connectivity index (χ3n) is 4.19. The first-order valence-corrected chi connectivity index (χ1v) is 10.5. The Morgan fingerprint density at radius 3 is 2.46 bits per heavy atom. The summed E-state index contributed by atoms with van der Waals surface area (Å²) in [6, 6.07) is 13.2. The minimum absolute atomic E-state index is 0.112. The average molecular weight is 461 g/mol. The van der Waals surface area contributed by atoms with Crippen LogP contribution in [-0.4, -0.2) is 31.7 Å². The highest BCUT2D eigenvalue weighted by Gasteiger charge is 2.21. The lowest BCUT2D eigenvalue weighted by atomic mass is 10.1. The molecule has 3 aromatic rings. The van der Waals surface area contributed by atoms with E-state index in [2.05, 4.69) is 15.9 Å². The van der Waals surface area contributed by atoms with Crippen LogP contribution < -0.4 is 14.4 Å². The second kappa shape index (κ2) is 9.21. The van der Waals surface area contributed by atoms with Gasteiger partial charge in [0.05, 0.1) is 19.9 Å². The van der Waals surface area contributed by atoms with Crippen LogP contribution in [0.25, 0.3) is 11.3 Å². The second-order valence-electron chi connectivity index (χ2n) is 6.05. The molecule has 1 amide bonds. The first-order chi connectivity index (χ1) is 13.6. The molecule has 0 saturated heterocycles. The lowest BCUT2D eigenvalue weighted by Crippen LogP contribution is -2.31. The van der Waals surface area contributed by atoms with Gasteiger partial charge in [0, 0.05) is 27.5 Å². The number of aromatic nitrogens is 1. The van der Waals surface area contributed by atoms with Gasteiger partial charge in [0.2, 0.25) is 0 Å². The van der Waals surface area contributed by atoms with Crippen molar-refractivity contribution in [1.29, 1.82) is 0 Å². The number of benzene rings is 2. The number of hydrogen-bond acceptors (Lipinski definition) is 5. The van der Waals surface area contributed by atoms with Crippen LogP contribution in [-0.2, 0) is 0 Å². The van der Waals surface area contributed by atoms with Crippen LogP contribution in [0.4, 0.5) is 5.13 Å². The van der Waals surface area contributed by atoms with Gasteiger partial charge in [0.25, 0.3) is 5.91 Å². The van der Waals surface area contributed by atoms with Gasteiger partial charge in [-0.05, 0) is 36.8 Å². The van der Waals surface area contributed by atoms with Gasteiger partial charge in [-0.15, -0.1) is 11.3 Å². The smallest absolute Gasteiger partial charge is 0.260 e. The standard InChI is InChI=1S/C21H21BrN2O3S/c1-4-11-24(20(25)15-7-10-18(26-2)19(12-15)27-3)21-23-17(13-28-21)14-5-8-16(22)9-6-14/h5-10,12-13H,4,11H2,1-3H3. The molecule has 0 aliphatic heterocycles. The highest BCUT2D eigenvalue weighted by atomic mass is 79.9. The minimum Gasteiger partial charge on any atom is -0.493 e. The molecule has 0 radical (unpaired) electrons. The number of carbonyl (C=O) groups is 1. The molecule has 0 spiro atoms. The molecule has 5 nitrogen and oxygen atoms in total. The van der Waals surface area contributed by atoms with E-state index in [0.717, 1.165) is 22.2 Å². The number of carbonyl (C=O) groups excluding carboxylic acids is 1. The Hall–Kier alpha value is -2.38. The van der Waals surface area contributed by atoms with Crippen molar-refractivity contribution in [2.75, 3.05) is 25.7 Å². The number of halogens is 1. The summed E-state index contributed by atoms with van der Waals surface area (Å²) >= 11 is 4.91. The van der Waals surface area contributed by atoms with Gasteiger partial charge in [-0.25, -0.2) is 4.98 Å². The topological polar surface area (TPSA) is 51.7 Å². The molecule has 0 unspecified atom stereocenters. The van der Waals surface area contributed by atoms with Gasteiger partial charge in [0.1, 0.15) is 0 Å². The highest BCUT2D eigenvalue weighted by Crippen LogP contribution is 2.31. The maximum atomic E-state index is 13.2. The molecule has 146 valence electrons. The van der Waals surface area contributed by atoms with Gasteiger partial charge in [0.15, 0.2) is 16.6 Å². The van der Waals surface area contributed by atoms with Gasteiger partial charge in [-0.3, -0.25) is 9.69 Å². The van der Waals surface area contributed by atoms with Gasteiger partial charge >= 0.3 is 0 Å². The number of nitrogens with zero attached hydrogens (tertiary/aromatic N) is 2. The number of rotatable bonds is 7. The number of anilines is 1. The van der Waals surface area contributed by atoms with Crippen LogP contribution in [0.5, 0.6) is 11.5 Å². The minimum atomic E-state index is -0.112. The van der Waals surface area contributed by atoms with E-state index < -0.39 is 0 Å². The predicted molar refractivity (Wildman–Crippen MR) is 117 cm³/mol. The van der Waals surface area contributed by atoms with Crippen LogP contribution in [0.15, 0.2) is 52.3 Å². The molecular formula is C21H21BrN2O3S. The summed E-state index contributed by atoms with van der Waals surface area (Å²) in [5.41, 5.74) is 2.40. The van der Waals surface area contributed by atoms with E-state index in [0.29, 0.717) is 28.7 Å². The summed E-state index contributed by atoms with van der Waals surface area (Å²) < 4.78 is 11.6. The summed E-state index contributed by atoms with van der Waals surface area (Å²) in [6.45, 7) is 2.62. The van der Waals surface area contributed by atoms with Crippen molar-refractivity contribution in [2.45, 2.75) is 13.3 Å². The molecule has 1 heterocycles. The van der Waals surface area contributed by atoms with Crippen LogP contribution in [0, 0.1) is 0 Å². The van der Waals surface area contributed by atoms with Gasteiger partial charge < -0.3 is 9.47 Å². The molecule has 0 fully saturated rings. The zero-order chi connectivity index (χ0) is 20.1. The van der Waals surface area contributed by atoms with Crippen LogP contribution >= 0.6 is 27.3 Å². The molecule has 28 heavy (non-hydrogen) atoms. The van der Waals surface area contributed by atoms with E-state index in [4.69, 9.17) is 14.5 Å². The first kappa shape index (κ1) is 20.4. The maximum Gasteiger partial charge on any atom is 0.260 e. The third kappa shape index (κ3) is 4.36. The van der Waals surface area contributed by atoms with Crippen LogP contribution in [0.3, 0.4) is 0 Å². The lowest BCUT2D eigenvalue weighted by molar-refractivity contribution is 0.0986. The van der Waals surface area contributed by atoms with E-state index in [-0.39, 0.29) is 5.91 Å². The lowest BCUT2D eigenvalue weighted by Gasteiger charge is -2.20. The van der Waals surface area contributed by atoms with Gasteiger partial charge in [-0.2, -0.15) is 0 Å². The zero-order valence-electron chi connectivity index (χ0n) is 15.9. The van der Waals surface area contributed by atoms with Crippen LogP contribution in [0.1, 0.15) is 23.7 Å². The number of hydrogen-bond donors (Lipinski definition) is 0. The van der Waals surface area contributed by atoms with Crippen molar-refractivity contribution >= 4 is 38.3 Å². The van der Waals surface area contributed by atoms with Crippen molar-refractivity contribution in [1.82, 2.24) is 4.98 Å². The Balaban J connectivity index is 1.91. The average Bonchev–Trinajstić information content (AvgIpc) is 3.21. The molecule has 0 aliphatic carbocycles. The Morgan fingerprint density at radius 1 is 1.11 bits per heavy atom. The summed E-state index contributed by atoms with van der Waals surface area (Å²) in [4.78, 5) is 19.6. The summed E-state index contributed by atoms with van der Waals surface area (Å²) in [5.74, 6) is 1.01. The van der Waals surface area contributed by atoms with E-state index in [1.54, 1.807) is 37.3 Å². The Labute approximate surface area is 177 Å². The van der Waals surface area contributed by atoms with Gasteiger partial charge in [-0.1, -0.05) is 35.0 Å². The Bertz CT molecular complexity index is 957. The maximum absolute atomic E-state index is 13.2. The van der Waals surface area contributed by atoms with Crippen molar-refractivity contribution in [3.8, 4) is 22.8 Å². The van der Waals surface area contributed by atoms with E-state index >= 15 is 0 Å². The number of thiazole rings is 1. The van der Waals surface area contributed by atoms with Crippen molar-refractivity contribution in [3.63, 3.8) is 0 Å². The van der Waals surface area contributed by atoms with Crippen LogP contribution in [0.2, 0.25) is 0 Å². The summed E-state index contributed by atoms with van der Waals surface area (Å²) in [7, 11) is 3.13. The number of ether oxygens (including phenoxy) is 2. The largest absolute Gasteiger partial charge is 0.493 e. The molecule has 0 bridgehead atoms. The molecule has 0 atom stereocenters. The molecule has 0 N–H and O–H groups in total. The van der Waals surface area contributed by atoms with Crippen molar-refractivity contribution < 1.29 is 14.3 Å². The fourth-order valence-corrected chi connectivity index (χ4v) is 3.90. The monoisotopic (exact) mass is 460 g/mol. The second-order valence-corrected chi connectivity index (χ2v) is 7.80. The zero-order valence-corrected chi connectivity index (χ0v) is 18.3. The van der Waals surface area contributed by atoms with E-state index in [9.17, 15) is 4.79 Å². The van der Waals surface area contributed by atoms with E-state index in [1.165, 1.54) is 11.3 Å². The van der Waals surface area contributed by atoms with Crippen molar-refractivity contribution in [2.24, 2.45) is 0 Å².